The first-order valence-corrected chi connectivity index (χ1v) is 6.34. The molecular weight excluding hydrogens is 324 g/mol. The molecule has 0 saturated carbocycles. The lowest BCUT2D eigenvalue weighted by Crippen LogP contribution is -2.22. The van der Waals surface area contributed by atoms with Crippen LogP contribution >= 0.6 is 0 Å². The van der Waals surface area contributed by atoms with E-state index in [1.807, 2.05) is 0 Å². The predicted octanol–water partition coefficient (Wildman–Crippen LogP) is 1.69. The highest BCUT2D eigenvalue weighted by molar-refractivity contribution is 6.31. The summed E-state index contributed by atoms with van der Waals surface area (Å²) in [5.41, 5.74) is -3.47. The number of benzene rings is 2. The van der Waals surface area contributed by atoms with Crippen LogP contribution in [0.5, 0.6) is 11.5 Å². The van der Waals surface area contributed by atoms with E-state index < -0.39 is 66.5 Å². The standard InChI is InChI=1S/C14H6N2O8/c17-6-3-8-11(9(4-6)16(23)24)14(20)12-7(13(8)19)1-5(15(21)22)2-10(12)18/h1-4,17-18H. The molecule has 10 heteroatoms. The van der Waals surface area contributed by atoms with Gasteiger partial charge in [0.2, 0.25) is 5.78 Å². The van der Waals surface area contributed by atoms with E-state index in [1.54, 1.807) is 0 Å². The maximum Gasteiger partial charge on any atom is 0.285 e. The summed E-state index contributed by atoms with van der Waals surface area (Å²) in [7, 11) is 0. The molecule has 0 radical (unpaired) electrons. The molecule has 0 amide bonds. The maximum absolute atomic E-state index is 12.5. The first-order valence-electron chi connectivity index (χ1n) is 6.34. The van der Waals surface area contributed by atoms with Crippen LogP contribution in [0.3, 0.4) is 0 Å². The van der Waals surface area contributed by atoms with Crippen LogP contribution in [0.25, 0.3) is 0 Å². The largest absolute Gasteiger partial charge is 0.508 e. The minimum Gasteiger partial charge on any atom is -0.508 e. The number of nitro groups is 2. The van der Waals surface area contributed by atoms with Crippen molar-refractivity contribution in [3.8, 4) is 11.5 Å². The Kier molecular flexibility index (Phi) is 3.04. The van der Waals surface area contributed by atoms with Gasteiger partial charge in [-0.3, -0.25) is 29.8 Å². The highest BCUT2D eigenvalue weighted by atomic mass is 16.6. The molecule has 0 spiro atoms. The molecule has 1 aliphatic rings. The monoisotopic (exact) mass is 330 g/mol. The van der Waals surface area contributed by atoms with E-state index in [0.29, 0.717) is 12.1 Å². The molecule has 3 rings (SSSR count). The molecule has 2 aromatic carbocycles. The minimum absolute atomic E-state index is 0.459. The summed E-state index contributed by atoms with van der Waals surface area (Å²) in [4.78, 5) is 45.1. The maximum atomic E-state index is 12.5. The van der Waals surface area contributed by atoms with Crippen LogP contribution in [-0.2, 0) is 0 Å². The fraction of sp³-hybridized carbons (Fsp3) is 0. The van der Waals surface area contributed by atoms with Gasteiger partial charge in [0.25, 0.3) is 11.4 Å². The number of aromatic hydroxyl groups is 2. The van der Waals surface area contributed by atoms with Crippen molar-refractivity contribution in [2.75, 3.05) is 0 Å². The van der Waals surface area contributed by atoms with Crippen LogP contribution in [-0.4, -0.2) is 31.6 Å². The Balaban J connectivity index is 2.38. The number of ketones is 2. The number of hydrogen-bond donors (Lipinski definition) is 2. The molecule has 2 aromatic rings. The van der Waals surface area contributed by atoms with E-state index in [4.69, 9.17) is 0 Å². The molecule has 0 aliphatic heterocycles. The third-order valence-corrected chi connectivity index (χ3v) is 3.56. The van der Waals surface area contributed by atoms with Crippen molar-refractivity contribution in [2.24, 2.45) is 0 Å². The first-order chi connectivity index (χ1) is 11.2. The Hall–Kier alpha value is -3.82. The van der Waals surface area contributed by atoms with E-state index in [0.717, 1.165) is 12.1 Å². The van der Waals surface area contributed by atoms with Crippen molar-refractivity contribution in [3.05, 3.63) is 66.7 Å². The molecule has 0 atom stereocenters. The number of phenolic OH excluding ortho intramolecular Hbond substituents is 2. The molecule has 0 heterocycles. The summed E-state index contributed by atoms with van der Waals surface area (Å²) >= 11 is 0. The second kappa shape index (κ2) is 4.84. The van der Waals surface area contributed by atoms with Gasteiger partial charge < -0.3 is 10.2 Å². The summed E-state index contributed by atoms with van der Waals surface area (Å²) < 4.78 is 0. The number of hydrogen-bond acceptors (Lipinski definition) is 8. The van der Waals surface area contributed by atoms with Crippen LogP contribution in [0, 0.1) is 20.2 Å². The van der Waals surface area contributed by atoms with Crippen molar-refractivity contribution in [3.63, 3.8) is 0 Å². The molecule has 0 aromatic heterocycles. The Morgan fingerprint density at radius 3 is 2.00 bits per heavy atom. The summed E-state index contributed by atoms with van der Waals surface area (Å²) in [5.74, 6) is -3.42. The Morgan fingerprint density at radius 1 is 0.792 bits per heavy atom. The Labute approximate surface area is 131 Å². The SMILES string of the molecule is O=C1c2cc([N+](=O)[O-])cc(O)c2C(=O)c2c1cc(O)cc2[N+](=O)[O-]. The first kappa shape index (κ1) is 15.1. The average molecular weight is 330 g/mol. The highest BCUT2D eigenvalue weighted by Gasteiger charge is 2.39. The van der Waals surface area contributed by atoms with Crippen molar-refractivity contribution in [2.45, 2.75) is 0 Å². The van der Waals surface area contributed by atoms with Gasteiger partial charge in [0.15, 0.2) is 5.78 Å². The van der Waals surface area contributed by atoms with Crippen molar-refractivity contribution < 1.29 is 29.6 Å². The van der Waals surface area contributed by atoms with Gasteiger partial charge in [0, 0.05) is 17.2 Å². The lowest BCUT2D eigenvalue weighted by Gasteiger charge is -2.18. The van der Waals surface area contributed by atoms with Crippen LogP contribution < -0.4 is 0 Å². The quantitative estimate of drug-likeness (QED) is 0.530. The molecule has 24 heavy (non-hydrogen) atoms. The number of nitrogens with zero attached hydrogens (tertiary/aromatic N) is 2. The predicted molar refractivity (Wildman–Crippen MR) is 76.4 cm³/mol. The van der Waals surface area contributed by atoms with Gasteiger partial charge in [-0.05, 0) is 6.07 Å². The van der Waals surface area contributed by atoms with Gasteiger partial charge in [0.05, 0.1) is 27.5 Å². The summed E-state index contributed by atoms with van der Waals surface area (Å²) in [6.07, 6.45) is 0. The van der Waals surface area contributed by atoms with Crippen LogP contribution in [0.1, 0.15) is 31.8 Å². The third-order valence-electron chi connectivity index (χ3n) is 3.56. The lowest BCUT2D eigenvalue weighted by atomic mass is 9.82. The molecule has 0 fully saturated rings. The van der Waals surface area contributed by atoms with Gasteiger partial charge in [-0.1, -0.05) is 0 Å². The van der Waals surface area contributed by atoms with Crippen LogP contribution in [0.2, 0.25) is 0 Å². The summed E-state index contributed by atoms with van der Waals surface area (Å²) in [6, 6.07) is 3.05. The van der Waals surface area contributed by atoms with E-state index in [1.165, 1.54) is 0 Å². The number of fused-ring (bicyclic) bond motifs is 2. The van der Waals surface area contributed by atoms with Crippen LogP contribution in [0.4, 0.5) is 11.4 Å². The number of non-ortho nitro benzene ring substituents is 1. The fourth-order valence-corrected chi connectivity index (χ4v) is 2.58. The van der Waals surface area contributed by atoms with Crippen molar-refractivity contribution in [1.29, 1.82) is 0 Å². The number of phenols is 2. The van der Waals surface area contributed by atoms with Gasteiger partial charge in [-0.15, -0.1) is 0 Å². The van der Waals surface area contributed by atoms with Crippen molar-refractivity contribution in [1.82, 2.24) is 0 Å². The second-order valence-corrected chi connectivity index (χ2v) is 4.95. The Bertz CT molecular complexity index is 975. The molecule has 0 bridgehead atoms. The zero-order valence-electron chi connectivity index (χ0n) is 11.5. The van der Waals surface area contributed by atoms with E-state index >= 15 is 0 Å². The molecule has 120 valence electrons. The average Bonchev–Trinajstić information content (AvgIpc) is 2.50. The highest BCUT2D eigenvalue weighted by Crippen LogP contribution is 2.40. The van der Waals surface area contributed by atoms with E-state index in [9.17, 15) is 40.0 Å². The lowest BCUT2D eigenvalue weighted by molar-refractivity contribution is -0.385. The number of rotatable bonds is 2. The van der Waals surface area contributed by atoms with Crippen molar-refractivity contribution >= 4 is 22.9 Å². The fourth-order valence-electron chi connectivity index (χ4n) is 2.58. The van der Waals surface area contributed by atoms with Gasteiger partial charge in [-0.2, -0.15) is 0 Å². The van der Waals surface area contributed by atoms with Gasteiger partial charge in [-0.25, -0.2) is 0 Å². The minimum atomic E-state index is -1.03. The molecule has 0 unspecified atom stereocenters. The molecule has 1 aliphatic carbocycles. The smallest absolute Gasteiger partial charge is 0.285 e. The summed E-state index contributed by atoms with van der Waals surface area (Å²) in [6.45, 7) is 0. The Morgan fingerprint density at radius 2 is 1.42 bits per heavy atom. The molecule has 0 saturated heterocycles. The van der Waals surface area contributed by atoms with E-state index in [2.05, 4.69) is 0 Å². The number of carbonyl (C=O) groups excluding carboxylic acids is 2. The second-order valence-electron chi connectivity index (χ2n) is 4.95. The number of carbonyl (C=O) groups is 2. The third kappa shape index (κ3) is 1.97. The van der Waals surface area contributed by atoms with Gasteiger partial charge in [0.1, 0.15) is 17.1 Å². The zero-order chi connectivity index (χ0) is 17.8. The van der Waals surface area contributed by atoms with Crippen LogP contribution in [0.15, 0.2) is 24.3 Å². The molecule has 2 N–H and O–H groups in total. The molecule has 10 nitrogen and oxygen atoms in total. The zero-order valence-corrected chi connectivity index (χ0v) is 11.5. The van der Waals surface area contributed by atoms with Gasteiger partial charge >= 0.3 is 0 Å². The van der Waals surface area contributed by atoms with E-state index in [-0.39, 0.29) is 0 Å². The normalized spacial score (nSPS) is 12.5. The topological polar surface area (TPSA) is 161 Å². The summed E-state index contributed by atoms with van der Waals surface area (Å²) in [5, 5.41) is 41.4. The number of nitro benzene ring substituents is 2. The molecular formula is C14H6N2O8.